The number of nitrogens with zero attached hydrogens (tertiary/aromatic N) is 1. The number of hydrogen-bond acceptors (Lipinski definition) is 3. The fraction of sp³-hybridized carbons (Fsp3) is 0.133. The Morgan fingerprint density at radius 2 is 1.50 bits per heavy atom. The lowest BCUT2D eigenvalue weighted by Crippen LogP contribution is -2.25. The van der Waals surface area contributed by atoms with Crippen LogP contribution >= 0.6 is 0 Å². The fourth-order valence-corrected chi connectivity index (χ4v) is 2.04. The van der Waals surface area contributed by atoms with Crippen LogP contribution in [0.3, 0.4) is 0 Å². The van der Waals surface area contributed by atoms with E-state index in [1.807, 2.05) is 48.7 Å². The third kappa shape index (κ3) is 2.35. The summed E-state index contributed by atoms with van der Waals surface area (Å²) in [5, 5.41) is 6.79. The minimum absolute atomic E-state index is 0.183. The first kappa shape index (κ1) is 10.8. The van der Waals surface area contributed by atoms with Gasteiger partial charge in [-0.3, -0.25) is 4.99 Å². The Bertz CT molecular complexity index is 524. The number of nitrogens with one attached hydrogen (secondary N) is 2. The van der Waals surface area contributed by atoms with Crippen LogP contribution in [0.1, 0.15) is 5.56 Å². The van der Waals surface area contributed by atoms with E-state index in [1.54, 1.807) is 0 Å². The van der Waals surface area contributed by atoms with Gasteiger partial charge in [-0.05, 0) is 17.7 Å². The summed E-state index contributed by atoms with van der Waals surface area (Å²) in [6, 6.07) is 18.3. The van der Waals surface area contributed by atoms with Crippen LogP contribution in [0.5, 0.6) is 0 Å². The van der Waals surface area contributed by atoms with Gasteiger partial charge in [0.2, 0.25) is 0 Å². The fourth-order valence-electron chi connectivity index (χ4n) is 2.04. The highest BCUT2D eigenvalue weighted by molar-refractivity contribution is 5.79. The van der Waals surface area contributed by atoms with Gasteiger partial charge in [0.25, 0.3) is 0 Å². The summed E-state index contributed by atoms with van der Waals surface area (Å²) in [5.74, 6) is 0. The van der Waals surface area contributed by atoms with Crippen molar-refractivity contribution in [2.45, 2.75) is 6.17 Å². The summed E-state index contributed by atoms with van der Waals surface area (Å²) >= 11 is 0. The van der Waals surface area contributed by atoms with Crippen molar-refractivity contribution in [3.05, 3.63) is 60.2 Å². The molecule has 3 heteroatoms. The Balaban J connectivity index is 1.59. The monoisotopic (exact) mass is 237 g/mol. The Hall–Kier alpha value is -2.29. The Morgan fingerprint density at radius 3 is 2.17 bits per heavy atom. The SMILES string of the molecule is C(=NCC1Nc2ccccc2N1)c1ccccc1. The van der Waals surface area contributed by atoms with Gasteiger partial charge in [-0.2, -0.15) is 0 Å². The molecule has 1 heterocycles. The lowest BCUT2D eigenvalue weighted by Gasteiger charge is -2.08. The van der Waals surface area contributed by atoms with Gasteiger partial charge in [0, 0.05) is 6.21 Å². The van der Waals surface area contributed by atoms with Crippen LogP contribution < -0.4 is 10.6 Å². The average Bonchev–Trinajstić information content (AvgIpc) is 2.82. The zero-order valence-electron chi connectivity index (χ0n) is 10.0. The average molecular weight is 237 g/mol. The summed E-state index contributed by atoms with van der Waals surface area (Å²) in [5.41, 5.74) is 3.43. The standard InChI is InChI=1S/C15H15N3/c1-2-6-12(7-3-1)10-16-11-15-17-13-8-4-5-9-14(13)18-15/h1-10,15,17-18H,11H2. The highest BCUT2D eigenvalue weighted by Gasteiger charge is 2.17. The topological polar surface area (TPSA) is 36.4 Å². The number of para-hydroxylation sites is 2. The van der Waals surface area contributed by atoms with E-state index < -0.39 is 0 Å². The highest BCUT2D eigenvalue weighted by atomic mass is 15.2. The van der Waals surface area contributed by atoms with Crippen LogP contribution in [0, 0.1) is 0 Å². The van der Waals surface area contributed by atoms with Crippen LogP contribution in [0.25, 0.3) is 0 Å². The van der Waals surface area contributed by atoms with Crippen molar-refractivity contribution in [2.24, 2.45) is 4.99 Å². The van der Waals surface area contributed by atoms with Gasteiger partial charge >= 0.3 is 0 Å². The molecule has 0 aliphatic carbocycles. The predicted octanol–water partition coefficient (Wildman–Crippen LogP) is 2.97. The minimum atomic E-state index is 0.183. The molecule has 1 aliphatic rings. The van der Waals surface area contributed by atoms with Crippen molar-refractivity contribution in [3.8, 4) is 0 Å². The Labute approximate surface area is 107 Å². The molecular weight excluding hydrogens is 222 g/mol. The van der Waals surface area contributed by atoms with Crippen LogP contribution in [-0.2, 0) is 0 Å². The molecule has 0 aromatic heterocycles. The van der Waals surface area contributed by atoms with Gasteiger partial charge in [-0.15, -0.1) is 0 Å². The molecule has 0 radical (unpaired) electrons. The van der Waals surface area contributed by atoms with E-state index in [4.69, 9.17) is 0 Å². The molecule has 2 aromatic rings. The predicted molar refractivity (Wildman–Crippen MR) is 76.4 cm³/mol. The Morgan fingerprint density at radius 1 is 0.889 bits per heavy atom. The van der Waals surface area contributed by atoms with Gasteiger partial charge < -0.3 is 10.6 Å². The summed E-state index contributed by atoms with van der Waals surface area (Å²) in [6.45, 7) is 0.712. The van der Waals surface area contributed by atoms with Crippen LogP contribution in [0.4, 0.5) is 11.4 Å². The van der Waals surface area contributed by atoms with Crippen molar-refractivity contribution in [1.82, 2.24) is 0 Å². The molecule has 18 heavy (non-hydrogen) atoms. The second-order valence-corrected chi connectivity index (χ2v) is 4.29. The van der Waals surface area contributed by atoms with Gasteiger partial charge in [0.1, 0.15) is 6.17 Å². The van der Waals surface area contributed by atoms with E-state index in [2.05, 4.69) is 27.8 Å². The van der Waals surface area contributed by atoms with E-state index >= 15 is 0 Å². The zero-order chi connectivity index (χ0) is 12.2. The van der Waals surface area contributed by atoms with Crippen molar-refractivity contribution in [3.63, 3.8) is 0 Å². The first-order valence-corrected chi connectivity index (χ1v) is 6.09. The molecule has 1 aliphatic heterocycles. The summed E-state index contributed by atoms with van der Waals surface area (Å²) in [7, 11) is 0. The van der Waals surface area contributed by atoms with Crippen molar-refractivity contribution >= 4 is 17.6 Å². The summed E-state index contributed by atoms with van der Waals surface area (Å²) in [6.07, 6.45) is 2.09. The molecular formula is C15H15N3. The van der Waals surface area contributed by atoms with Crippen molar-refractivity contribution in [1.29, 1.82) is 0 Å². The van der Waals surface area contributed by atoms with Crippen LogP contribution in [0.15, 0.2) is 59.6 Å². The van der Waals surface area contributed by atoms with Crippen molar-refractivity contribution < 1.29 is 0 Å². The molecule has 0 unspecified atom stereocenters. The molecule has 90 valence electrons. The quantitative estimate of drug-likeness (QED) is 0.805. The molecule has 0 amide bonds. The second kappa shape index (κ2) is 4.92. The smallest absolute Gasteiger partial charge is 0.117 e. The second-order valence-electron chi connectivity index (χ2n) is 4.29. The minimum Gasteiger partial charge on any atom is -0.362 e. The van der Waals surface area contributed by atoms with Crippen molar-refractivity contribution in [2.75, 3.05) is 17.2 Å². The molecule has 2 aromatic carbocycles. The molecule has 3 nitrogen and oxygen atoms in total. The first-order chi connectivity index (χ1) is 8.92. The lowest BCUT2D eigenvalue weighted by molar-refractivity contribution is 0.848. The van der Waals surface area contributed by atoms with Gasteiger partial charge in [0.05, 0.1) is 17.9 Å². The van der Waals surface area contributed by atoms with E-state index in [0.29, 0.717) is 6.54 Å². The van der Waals surface area contributed by atoms with E-state index in [0.717, 1.165) is 16.9 Å². The lowest BCUT2D eigenvalue weighted by atomic mass is 10.2. The molecule has 0 atom stereocenters. The number of benzene rings is 2. The number of hydrogen-bond donors (Lipinski definition) is 2. The van der Waals surface area contributed by atoms with E-state index in [1.165, 1.54) is 0 Å². The van der Waals surface area contributed by atoms with Gasteiger partial charge in [0.15, 0.2) is 0 Å². The van der Waals surface area contributed by atoms with Gasteiger partial charge in [-0.1, -0.05) is 42.5 Å². The van der Waals surface area contributed by atoms with Crippen LogP contribution in [-0.4, -0.2) is 18.9 Å². The maximum atomic E-state index is 4.46. The third-order valence-corrected chi connectivity index (χ3v) is 2.91. The van der Waals surface area contributed by atoms with E-state index in [-0.39, 0.29) is 6.17 Å². The molecule has 0 spiro atoms. The molecule has 0 saturated carbocycles. The molecule has 0 saturated heterocycles. The number of fused-ring (bicyclic) bond motifs is 1. The molecule has 2 N–H and O–H groups in total. The maximum Gasteiger partial charge on any atom is 0.117 e. The summed E-state index contributed by atoms with van der Waals surface area (Å²) < 4.78 is 0. The molecule has 0 bridgehead atoms. The first-order valence-electron chi connectivity index (χ1n) is 6.09. The Kier molecular flexibility index (Phi) is 2.96. The number of aliphatic imine (C=N–C) groups is 1. The maximum absolute atomic E-state index is 4.46. The normalized spacial score (nSPS) is 14.2. The highest BCUT2D eigenvalue weighted by Crippen LogP contribution is 2.27. The zero-order valence-corrected chi connectivity index (χ0v) is 10.0. The molecule has 0 fully saturated rings. The largest absolute Gasteiger partial charge is 0.362 e. The van der Waals surface area contributed by atoms with Gasteiger partial charge in [-0.25, -0.2) is 0 Å². The van der Waals surface area contributed by atoms with E-state index in [9.17, 15) is 0 Å². The number of anilines is 2. The summed E-state index contributed by atoms with van der Waals surface area (Å²) in [4.78, 5) is 4.46. The van der Waals surface area contributed by atoms with Crippen LogP contribution in [0.2, 0.25) is 0 Å². The molecule has 3 rings (SSSR count). The number of rotatable bonds is 3. The third-order valence-electron chi connectivity index (χ3n) is 2.91.